The first-order valence-electron chi connectivity index (χ1n) is 4.15. The third-order valence-corrected chi connectivity index (χ3v) is 2.68. The molecule has 2 aromatic rings. The van der Waals surface area contributed by atoms with Crippen LogP contribution in [0, 0.1) is 0 Å². The van der Waals surface area contributed by atoms with Crippen molar-refractivity contribution in [1.82, 2.24) is 14.8 Å². The minimum absolute atomic E-state index is 0.526. The van der Waals surface area contributed by atoms with Crippen LogP contribution in [0.2, 0.25) is 0 Å². The minimum Gasteiger partial charge on any atom is -0.326 e. The van der Waals surface area contributed by atoms with Crippen LogP contribution in [0.3, 0.4) is 0 Å². The van der Waals surface area contributed by atoms with Crippen molar-refractivity contribution < 1.29 is 0 Å². The van der Waals surface area contributed by atoms with Crippen molar-refractivity contribution in [3.05, 3.63) is 40.9 Å². The van der Waals surface area contributed by atoms with Crippen LogP contribution in [0.4, 0.5) is 0 Å². The molecule has 0 saturated carbocycles. The molecule has 1 aromatic heterocycles. The molecule has 0 amide bonds. The van der Waals surface area contributed by atoms with Crippen molar-refractivity contribution in [3.8, 4) is 5.69 Å². The maximum Gasteiger partial charge on any atom is 0.138 e. The zero-order valence-electron chi connectivity index (χ0n) is 7.39. The Morgan fingerprint density at radius 3 is 2.86 bits per heavy atom. The van der Waals surface area contributed by atoms with E-state index in [0.29, 0.717) is 6.54 Å². The molecule has 2 rings (SSSR count). The molecule has 0 radical (unpaired) electrons. The van der Waals surface area contributed by atoms with Gasteiger partial charge in [-0.15, -0.1) is 0 Å². The molecule has 0 saturated heterocycles. The van der Waals surface area contributed by atoms with Gasteiger partial charge in [0.15, 0.2) is 0 Å². The molecule has 0 aliphatic heterocycles. The van der Waals surface area contributed by atoms with Crippen molar-refractivity contribution in [2.75, 3.05) is 0 Å². The summed E-state index contributed by atoms with van der Waals surface area (Å²) in [6, 6.07) is 5.90. The quantitative estimate of drug-likeness (QED) is 0.882. The molecule has 5 heteroatoms. The Morgan fingerprint density at radius 1 is 1.43 bits per heavy atom. The lowest BCUT2D eigenvalue weighted by Crippen LogP contribution is -1.99. The van der Waals surface area contributed by atoms with Crippen LogP contribution in [-0.2, 0) is 6.54 Å². The average Bonchev–Trinajstić information content (AvgIpc) is 2.70. The lowest BCUT2D eigenvalue weighted by Gasteiger charge is -2.04. The van der Waals surface area contributed by atoms with Gasteiger partial charge < -0.3 is 5.73 Å². The molecule has 0 spiro atoms. The maximum atomic E-state index is 5.55. The zero-order chi connectivity index (χ0) is 9.97. The smallest absolute Gasteiger partial charge is 0.138 e. The van der Waals surface area contributed by atoms with Crippen LogP contribution in [0.15, 0.2) is 35.3 Å². The van der Waals surface area contributed by atoms with Crippen molar-refractivity contribution in [2.45, 2.75) is 6.54 Å². The van der Waals surface area contributed by atoms with E-state index in [1.807, 2.05) is 18.2 Å². The number of aromatic nitrogens is 3. The third kappa shape index (κ3) is 1.69. The van der Waals surface area contributed by atoms with E-state index >= 15 is 0 Å². The van der Waals surface area contributed by atoms with E-state index in [-0.39, 0.29) is 0 Å². The summed E-state index contributed by atoms with van der Waals surface area (Å²) in [7, 11) is 0. The van der Waals surface area contributed by atoms with Gasteiger partial charge in [-0.1, -0.05) is 22.0 Å². The van der Waals surface area contributed by atoms with Gasteiger partial charge >= 0.3 is 0 Å². The van der Waals surface area contributed by atoms with Gasteiger partial charge in [0.1, 0.15) is 12.7 Å². The Balaban J connectivity index is 2.43. The summed E-state index contributed by atoms with van der Waals surface area (Å²) in [4.78, 5) is 3.88. The Labute approximate surface area is 89.9 Å². The number of halogens is 1. The third-order valence-electron chi connectivity index (χ3n) is 1.94. The summed E-state index contributed by atoms with van der Waals surface area (Å²) >= 11 is 3.45. The highest BCUT2D eigenvalue weighted by Gasteiger charge is 2.01. The highest BCUT2D eigenvalue weighted by molar-refractivity contribution is 9.10. The van der Waals surface area contributed by atoms with Crippen molar-refractivity contribution in [3.63, 3.8) is 0 Å². The molecule has 0 fully saturated rings. The fourth-order valence-corrected chi connectivity index (χ4v) is 1.71. The first kappa shape index (κ1) is 9.36. The van der Waals surface area contributed by atoms with E-state index in [4.69, 9.17) is 5.73 Å². The lowest BCUT2D eigenvalue weighted by molar-refractivity contribution is 0.876. The monoisotopic (exact) mass is 252 g/mol. The van der Waals surface area contributed by atoms with Crippen LogP contribution < -0.4 is 5.73 Å². The molecule has 1 heterocycles. The highest BCUT2D eigenvalue weighted by atomic mass is 79.9. The summed E-state index contributed by atoms with van der Waals surface area (Å²) in [5, 5.41) is 4.04. The van der Waals surface area contributed by atoms with Gasteiger partial charge in [0.25, 0.3) is 0 Å². The van der Waals surface area contributed by atoms with Crippen LogP contribution in [0.5, 0.6) is 0 Å². The van der Waals surface area contributed by atoms with Crippen LogP contribution in [0.1, 0.15) is 5.56 Å². The molecule has 0 aliphatic rings. The molecule has 0 atom stereocenters. The Bertz CT molecular complexity index is 424. The van der Waals surface area contributed by atoms with Gasteiger partial charge in [0, 0.05) is 11.0 Å². The summed E-state index contributed by atoms with van der Waals surface area (Å²) in [6.45, 7) is 0.526. The SMILES string of the molecule is NCc1ccc(-n2cncn2)cc1Br. The molecule has 0 unspecified atom stereocenters. The largest absolute Gasteiger partial charge is 0.326 e. The second-order valence-corrected chi connectivity index (χ2v) is 3.67. The Kier molecular flexibility index (Phi) is 2.60. The van der Waals surface area contributed by atoms with E-state index in [2.05, 4.69) is 26.0 Å². The van der Waals surface area contributed by atoms with Gasteiger partial charge in [-0.3, -0.25) is 0 Å². The lowest BCUT2D eigenvalue weighted by atomic mass is 10.2. The summed E-state index contributed by atoms with van der Waals surface area (Å²) in [6.07, 6.45) is 3.16. The fraction of sp³-hybridized carbons (Fsp3) is 0.111. The number of hydrogen-bond acceptors (Lipinski definition) is 3. The second-order valence-electron chi connectivity index (χ2n) is 2.82. The number of hydrogen-bond donors (Lipinski definition) is 1. The molecule has 4 nitrogen and oxygen atoms in total. The predicted octanol–water partition coefficient (Wildman–Crippen LogP) is 1.49. The topological polar surface area (TPSA) is 56.7 Å². The molecule has 0 aliphatic carbocycles. The van der Waals surface area contributed by atoms with Crippen LogP contribution >= 0.6 is 15.9 Å². The minimum atomic E-state index is 0.526. The summed E-state index contributed by atoms with van der Waals surface area (Å²) in [5.41, 5.74) is 7.60. The number of nitrogens with two attached hydrogens (primary N) is 1. The van der Waals surface area contributed by atoms with Crippen LogP contribution in [0.25, 0.3) is 5.69 Å². The zero-order valence-corrected chi connectivity index (χ0v) is 8.98. The highest BCUT2D eigenvalue weighted by Crippen LogP contribution is 2.19. The first-order chi connectivity index (χ1) is 6.81. The molecule has 0 bridgehead atoms. The van der Waals surface area contributed by atoms with E-state index in [1.54, 1.807) is 11.0 Å². The molecular weight excluding hydrogens is 244 g/mol. The van der Waals surface area contributed by atoms with Crippen molar-refractivity contribution in [2.24, 2.45) is 5.73 Å². The normalized spacial score (nSPS) is 10.4. The maximum absolute atomic E-state index is 5.55. The molecule has 14 heavy (non-hydrogen) atoms. The van der Waals surface area contributed by atoms with E-state index in [1.165, 1.54) is 6.33 Å². The summed E-state index contributed by atoms with van der Waals surface area (Å²) < 4.78 is 2.69. The van der Waals surface area contributed by atoms with Crippen molar-refractivity contribution in [1.29, 1.82) is 0 Å². The first-order valence-corrected chi connectivity index (χ1v) is 4.94. The Hall–Kier alpha value is -1.20. The molecule has 72 valence electrons. The number of nitrogens with zero attached hydrogens (tertiary/aromatic N) is 3. The summed E-state index contributed by atoms with van der Waals surface area (Å²) in [5.74, 6) is 0. The predicted molar refractivity (Wildman–Crippen MR) is 57.0 cm³/mol. The van der Waals surface area contributed by atoms with Gasteiger partial charge in [0.05, 0.1) is 5.69 Å². The van der Waals surface area contributed by atoms with Crippen LogP contribution in [-0.4, -0.2) is 14.8 Å². The molecule has 1 aromatic carbocycles. The standard InChI is InChI=1S/C9H9BrN4/c10-9-3-8(2-1-7(9)4-11)14-6-12-5-13-14/h1-3,5-6H,4,11H2. The number of benzene rings is 1. The van der Waals surface area contributed by atoms with Gasteiger partial charge in [-0.2, -0.15) is 5.10 Å². The van der Waals surface area contributed by atoms with E-state index in [9.17, 15) is 0 Å². The average molecular weight is 253 g/mol. The van der Waals surface area contributed by atoms with Gasteiger partial charge in [0.2, 0.25) is 0 Å². The Morgan fingerprint density at radius 2 is 2.29 bits per heavy atom. The van der Waals surface area contributed by atoms with Gasteiger partial charge in [-0.25, -0.2) is 9.67 Å². The van der Waals surface area contributed by atoms with Crippen molar-refractivity contribution >= 4 is 15.9 Å². The van der Waals surface area contributed by atoms with E-state index in [0.717, 1.165) is 15.7 Å². The molecular formula is C9H9BrN4. The second kappa shape index (κ2) is 3.89. The van der Waals surface area contributed by atoms with Gasteiger partial charge in [-0.05, 0) is 17.7 Å². The molecule has 2 N–H and O–H groups in total. The number of rotatable bonds is 2. The van der Waals surface area contributed by atoms with E-state index < -0.39 is 0 Å². The fourth-order valence-electron chi connectivity index (χ4n) is 1.19.